The molecule has 0 aliphatic heterocycles. The van der Waals surface area contributed by atoms with Crippen LogP contribution >= 0.6 is 0 Å². The summed E-state index contributed by atoms with van der Waals surface area (Å²) in [5.74, 6) is -0.673. The Morgan fingerprint density at radius 3 is 2.55 bits per heavy atom. The molecule has 0 saturated carbocycles. The molecule has 0 saturated heterocycles. The Bertz CT molecular complexity index is 1200. The molecule has 0 radical (unpaired) electrons. The zero-order valence-corrected chi connectivity index (χ0v) is 17.1. The van der Waals surface area contributed by atoms with E-state index in [9.17, 15) is 9.59 Å². The van der Waals surface area contributed by atoms with Crippen LogP contribution in [0.2, 0.25) is 0 Å². The van der Waals surface area contributed by atoms with Gasteiger partial charge in [0.05, 0.1) is 12.8 Å². The van der Waals surface area contributed by atoms with Gasteiger partial charge in [-0.25, -0.2) is 9.78 Å². The number of carbonyl (C=O) groups is 2. The number of pyridine rings is 1. The minimum Gasteiger partial charge on any atom is -0.495 e. The van der Waals surface area contributed by atoms with Crippen molar-refractivity contribution in [2.75, 3.05) is 12.4 Å². The number of ether oxygens (including phenoxy) is 2. The first-order valence-corrected chi connectivity index (χ1v) is 9.70. The maximum Gasteiger partial charge on any atom is 0.359 e. The normalized spacial score (nSPS) is 11.7. The summed E-state index contributed by atoms with van der Waals surface area (Å²) in [6.45, 7) is 1.91. The number of nitrogens with one attached hydrogen (secondary N) is 1. The Morgan fingerprint density at radius 2 is 1.81 bits per heavy atom. The largest absolute Gasteiger partial charge is 0.495 e. The van der Waals surface area contributed by atoms with Crippen molar-refractivity contribution in [2.24, 2.45) is 0 Å². The lowest BCUT2D eigenvalue weighted by atomic mass is 10.1. The number of methoxy groups -OCH3 is 1. The van der Waals surface area contributed by atoms with Crippen LogP contribution in [-0.2, 0) is 9.53 Å². The molecule has 0 aliphatic carbocycles. The van der Waals surface area contributed by atoms with Crippen molar-refractivity contribution in [3.05, 3.63) is 95.9 Å². The highest BCUT2D eigenvalue weighted by Crippen LogP contribution is 2.28. The molecular weight excluding hydrogens is 394 g/mol. The van der Waals surface area contributed by atoms with Crippen molar-refractivity contribution in [3.63, 3.8) is 0 Å². The summed E-state index contributed by atoms with van der Waals surface area (Å²) in [5, 5.41) is 2.82. The Hall–Kier alpha value is -4.13. The van der Waals surface area contributed by atoms with E-state index in [1.54, 1.807) is 59.3 Å². The van der Waals surface area contributed by atoms with Gasteiger partial charge in [-0.2, -0.15) is 0 Å². The number of hydrogen-bond acceptors (Lipinski definition) is 5. The van der Waals surface area contributed by atoms with E-state index in [0.29, 0.717) is 22.6 Å². The molecular formula is C24H21N3O4. The minimum atomic E-state index is -1.16. The quantitative estimate of drug-likeness (QED) is 0.478. The molecule has 7 heteroatoms. The number of imidazole rings is 1. The van der Waals surface area contributed by atoms with E-state index in [4.69, 9.17) is 9.47 Å². The second-order valence-electron chi connectivity index (χ2n) is 6.98. The standard InChI is InChI=1S/C24H21N3O4/c1-16-11-12-20(30-2)18(14-16)26-23(28)22(17-8-4-3-5-9-17)31-24(29)19-15-27-13-7-6-10-21(27)25-19/h3-15,22H,1-2H3,(H,26,28)/t22-/m0/s1. The fourth-order valence-corrected chi connectivity index (χ4v) is 3.22. The van der Waals surface area contributed by atoms with Gasteiger partial charge in [-0.3, -0.25) is 4.79 Å². The average Bonchev–Trinajstić information content (AvgIpc) is 3.22. The number of hydrogen-bond donors (Lipinski definition) is 1. The van der Waals surface area contributed by atoms with Crippen molar-refractivity contribution in [3.8, 4) is 5.75 Å². The number of anilines is 1. The highest BCUT2D eigenvalue weighted by molar-refractivity contribution is 5.98. The number of rotatable bonds is 6. The molecule has 0 spiro atoms. The lowest BCUT2D eigenvalue weighted by molar-refractivity contribution is -0.125. The van der Waals surface area contributed by atoms with Gasteiger partial charge in [0.1, 0.15) is 11.4 Å². The summed E-state index contributed by atoms with van der Waals surface area (Å²) < 4.78 is 12.7. The molecule has 1 amide bonds. The van der Waals surface area contributed by atoms with E-state index in [1.807, 2.05) is 31.2 Å². The average molecular weight is 415 g/mol. The van der Waals surface area contributed by atoms with Gasteiger partial charge in [-0.1, -0.05) is 42.5 Å². The first kappa shape index (κ1) is 20.2. The topological polar surface area (TPSA) is 81.9 Å². The summed E-state index contributed by atoms with van der Waals surface area (Å²) in [5.41, 5.74) is 2.72. The van der Waals surface area contributed by atoms with Gasteiger partial charge >= 0.3 is 5.97 Å². The zero-order chi connectivity index (χ0) is 21.8. The van der Waals surface area contributed by atoms with Crippen molar-refractivity contribution >= 4 is 23.2 Å². The van der Waals surface area contributed by atoms with Crippen LogP contribution in [0.5, 0.6) is 5.75 Å². The summed E-state index contributed by atoms with van der Waals surface area (Å²) in [7, 11) is 1.53. The first-order valence-electron chi connectivity index (χ1n) is 9.70. The van der Waals surface area contributed by atoms with Crippen LogP contribution in [-0.4, -0.2) is 28.4 Å². The predicted octanol–water partition coefficient (Wildman–Crippen LogP) is 4.19. The Balaban J connectivity index is 1.62. The maximum absolute atomic E-state index is 13.2. The predicted molar refractivity (Wildman–Crippen MR) is 116 cm³/mol. The van der Waals surface area contributed by atoms with Gasteiger partial charge in [-0.15, -0.1) is 0 Å². The second-order valence-corrected chi connectivity index (χ2v) is 6.98. The molecule has 0 fully saturated rings. The van der Waals surface area contributed by atoms with Gasteiger partial charge in [0.15, 0.2) is 5.69 Å². The number of aryl methyl sites for hydroxylation is 1. The van der Waals surface area contributed by atoms with Crippen molar-refractivity contribution in [1.29, 1.82) is 0 Å². The van der Waals surface area contributed by atoms with Crippen molar-refractivity contribution in [2.45, 2.75) is 13.0 Å². The van der Waals surface area contributed by atoms with Gasteiger partial charge in [0, 0.05) is 18.0 Å². The molecule has 2 aromatic carbocycles. The smallest absolute Gasteiger partial charge is 0.359 e. The highest BCUT2D eigenvalue weighted by atomic mass is 16.5. The molecule has 31 heavy (non-hydrogen) atoms. The third-order valence-corrected chi connectivity index (χ3v) is 4.75. The van der Waals surface area contributed by atoms with E-state index in [2.05, 4.69) is 10.3 Å². The zero-order valence-electron chi connectivity index (χ0n) is 17.1. The van der Waals surface area contributed by atoms with Crippen LogP contribution in [0.4, 0.5) is 5.69 Å². The van der Waals surface area contributed by atoms with Crippen LogP contribution < -0.4 is 10.1 Å². The number of fused-ring (bicyclic) bond motifs is 1. The Morgan fingerprint density at radius 1 is 1.03 bits per heavy atom. The summed E-state index contributed by atoms with van der Waals surface area (Å²) in [4.78, 5) is 30.3. The van der Waals surface area contributed by atoms with Crippen molar-refractivity contribution < 1.29 is 19.1 Å². The number of esters is 1. The van der Waals surface area contributed by atoms with Gasteiger partial charge < -0.3 is 19.2 Å². The summed E-state index contributed by atoms with van der Waals surface area (Å²) >= 11 is 0. The van der Waals surface area contributed by atoms with Gasteiger partial charge in [0.25, 0.3) is 5.91 Å². The molecule has 4 rings (SSSR count). The number of amides is 1. The lowest BCUT2D eigenvalue weighted by Crippen LogP contribution is -2.26. The Labute approximate surface area is 179 Å². The third-order valence-electron chi connectivity index (χ3n) is 4.75. The van der Waals surface area contributed by atoms with E-state index < -0.39 is 18.0 Å². The summed E-state index contributed by atoms with van der Waals surface area (Å²) in [6.07, 6.45) is 2.19. The highest BCUT2D eigenvalue weighted by Gasteiger charge is 2.27. The van der Waals surface area contributed by atoms with E-state index in [-0.39, 0.29) is 5.69 Å². The van der Waals surface area contributed by atoms with E-state index >= 15 is 0 Å². The monoisotopic (exact) mass is 415 g/mol. The maximum atomic E-state index is 13.2. The molecule has 1 N–H and O–H groups in total. The van der Waals surface area contributed by atoms with E-state index in [0.717, 1.165) is 5.56 Å². The van der Waals surface area contributed by atoms with Gasteiger partial charge in [0.2, 0.25) is 6.10 Å². The third kappa shape index (κ3) is 4.40. The molecule has 156 valence electrons. The van der Waals surface area contributed by atoms with Crippen LogP contribution in [0.1, 0.15) is 27.7 Å². The molecule has 0 aliphatic rings. The van der Waals surface area contributed by atoms with E-state index in [1.165, 1.54) is 7.11 Å². The van der Waals surface area contributed by atoms with Crippen LogP contribution in [0, 0.1) is 6.92 Å². The van der Waals surface area contributed by atoms with Crippen LogP contribution in [0.3, 0.4) is 0 Å². The number of carbonyl (C=O) groups excluding carboxylic acids is 2. The van der Waals surface area contributed by atoms with Crippen LogP contribution in [0.25, 0.3) is 5.65 Å². The molecule has 2 heterocycles. The van der Waals surface area contributed by atoms with Gasteiger partial charge in [-0.05, 0) is 36.8 Å². The Kier molecular flexibility index (Phi) is 5.66. The minimum absolute atomic E-state index is 0.119. The number of aromatic nitrogens is 2. The van der Waals surface area contributed by atoms with Crippen molar-refractivity contribution in [1.82, 2.24) is 9.38 Å². The fraction of sp³-hybridized carbons (Fsp3) is 0.125. The SMILES string of the molecule is COc1ccc(C)cc1NC(=O)[C@@H](OC(=O)c1cn2ccccc2n1)c1ccccc1. The lowest BCUT2D eigenvalue weighted by Gasteiger charge is -2.19. The second kappa shape index (κ2) is 8.71. The molecule has 4 aromatic rings. The summed E-state index contributed by atoms with van der Waals surface area (Å²) in [6, 6.07) is 19.7. The number of nitrogens with zero attached hydrogens (tertiary/aromatic N) is 2. The fourth-order valence-electron chi connectivity index (χ4n) is 3.22. The molecule has 7 nitrogen and oxygen atoms in total. The molecule has 2 aromatic heterocycles. The van der Waals surface area contributed by atoms with Crippen LogP contribution in [0.15, 0.2) is 79.1 Å². The molecule has 0 unspecified atom stereocenters. The molecule has 0 bridgehead atoms. The molecule has 1 atom stereocenters. The number of benzene rings is 2. The first-order chi connectivity index (χ1) is 15.0.